The van der Waals surface area contributed by atoms with Crippen molar-refractivity contribution >= 4 is 11.4 Å². The highest BCUT2D eigenvalue weighted by Crippen LogP contribution is 2.38. The topological polar surface area (TPSA) is 25.2 Å². The molecule has 2 nitrogen and oxygen atoms in total. The Morgan fingerprint density at radius 1 is 0.864 bits per heavy atom. The third-order valence-corrected chi connectivity index (χ3v) is 4.04. The van der Waals surface area contributed by atoms with Crippen molar-refractivity contribution in [3.05, 3.63) is 83.0 Å². The van der Waals surface area contributed by atoms with E-state index in [0.29, 0.717) is 0 Å². The second-order valence-electron chi connectivity index (χ2n) is 5.70. The number of aliphatic imine (C=N–C) groups is 1. The fourth-order valence-electron chi connectivity index (χ4n) is 3.03. The van der Waals surface area contributed by atoms with Gasteiger partial charge in [-0.15, -0.1) is 0 Å². The van der Waals surface area contributed by atoms with E-state index in [1.165, 1.54) is 16.7 Å². The Bertz CT molecular complexity index is 893. The third kappa shape index (κ3) is 1.96. The lowest BCUT2D eigenvalue weighted by Gasteiger charge is -2.03. The lowest BCUT2D eigenvalue weighted by molar-refractivity contribution is 1.26. The lowest BCUT2D eigenvalue weighted by atomic mass is 10.0. The van der Waals surface area contributed by atoms with Crippen LogP contribution in [0.1, 0.15) is 22.3 Å². The van der Waals surface area contributed by atoms with Crippen molar-refractivity contribution in [2.45, 2.75) is 13.8 Å². The van der Waals surface area contributed by atoms with Crippen LogP contribution in [0.5, 0.6) is 0 Å². The van der Waals surface area contributed by atoms with Crippen molar-refractivity contribution in [1.82, 2.24) is 4.98 Å². The Kier molecular flexibility index (Phi) is 2.90. The van der Waals surface area contributed by atoms with E-state index in [2.05, 4.69) is 43.1 Å². The molecule has 1 aliphatic rings. The zero-order valence-electron chi connectivity index (χ0n) is 12.7. The molecule has 0 saturated heterocycles. The second-order valence-corrected chi connectivity index (χ2v) is 5.70. The summed E-state index contributed by atoms with van der Waals surface area (Å²) in [4.78, 5) is 9.57. The molecule has 0 aliphatic heterocycles. The van der Waals surface area contributed by atoms with E-state index < -0.39 is 0 Å². The van der Waals surface area contributed by atoms with E-state index in [4.69, 9.17) is 4.99 Å². The highest BCUT2D eigenvalue weighted by Gasteiger charge is 2.27. The number of aryl methyl sites for hydroxylation is 2. The monoisotopic (exact) mass is 284 g/mol. The lowest BCUT2D eigenvalue weighted by Crippen LogP contribution is -1.98. The van der Waals surface area contributed by atoms with E-state index >= 15 is 0 Å². The molecule has 0 fully saturated rings. The molecule has 0 spiro atoms. The summed E-state index contributed by atoms with van der Waals surface area (Å²) in [7, 11) is 0. The van der Waals surface area contributed by atoms with Crippen LogP contribution in [0.25, 0.3) is 11.3 Å². The number of fused-ring (bicyclic) bond motifs is 3. The van der Waals surface area contributed by atoms with Gasteiger partial charge in [0.25, 0.3) is 0 Å². The first-order valence-corrected chi connectivity index (χ1v) is 7.45. The molecule has 0 saturated carbocycles. The summed E-state index contributed by atoms with van der Waals surface area (Å²) >= 11 is 0. The standard InChI is InChI=1S/C20H16N2/c1-13-11-17-19(22-15-8-4-3-5-9-15)16-10-6-7-14(2)18(16)20(17)21-12-13/h3-12H,1-2H3. The summed E-state index contributed by atoms with van der Waals surface area (Å²) in [6.07, 6.45) is 1.93. The van der Waals surface area contributed by atoms with Crippen LogP contribution in [0.4, 0.5) is 5.69 Å². The Morgan fingerprint density at radius 3 is 2.50 bits per heavy atom. The predicted octanol–water partition coefficient (Wildman–Crippen LogP) is 4.85. The molecule has 1 aromatic heterocycles. The molecule has 0 atom stereocenters. The number of hydrogen-bond donors (Lipinski definition) is 0. The molecule has 4 rings (SSSR count). The SMILES string of the molecule is Cc1cnc2c(c1)C(=Nc1ccccc1)c1cccc(C)c1-2. The predicted molar refractivity (Wildman–Crippen MR) is 90.9 cm³/mol. The van der Waals surface area contributed by atoms with Gasteiger partial charge in [-0.25, -0.2) is 4.99 Å². The zero-order chi connectivity index (χ0) is 15.1. The molecular weight excluding hydrogens is 268 g/mol. The van der Waals surface area contributed by atoms with E-state index in [9.17, 15) is 0 Å². The highest BCUT2D eigenvalue weighted by molar-refractivity contribution is 6.25. The average molecular weight is 284 g/mol. The van der Waals surface area contributed by atoms with Crippen molar-refractivity contribution in [1.29, 1.82) is 0 Å². The molecule has 1 aliphatic carbocycles. The van der Waals surface area contributed by atoms with Gasteiger partial charge in [0.15, 0.2) is 0 Å². The fourth-order valence-corrected chi connectivity index (χ4v) is 3.03. The number of aromatic nitrogens is 1. The van der Waals surface area contributed by atoms with Gasteiger partial charge < -0.3 is 0 Å². The molecule has 22 heavy (non-hydrogen) atoms. The first kappa shape index (κ1) is 13.0. The molecule has 0 amide bonds. The molecule has 106 valence electrons. The largest absolute Gasteiger partial charge is 0.255 e. The number of rotatable bonds is 1. The van der Waals surface area contributed by atoms with E-state index in [-0.39, 0.29) is 0 Å². The van der Waals surface area contributed by atoms with Crippen LogP contribution in [-0.2, 0) is 0 Å². The summed E-state index contributed by atoms with van der Waals surface area (Å²) in [5, 5.41) is 0. The zero-order valence-corrected chi connectivity index (χ0v) is 12.7. The molecular formula is C20H16N2. The van der Waals surface area contributed by atoms with Gasteiger partial charge in [-0.05, 0) is 43.2 Å². The van der Waals surface area contributed by atoms with Crippen LogP contribution >= 0.6 is 0 Å². The van der Waals surface area contributed by atoms with Crippen molar-refractivity contribution in [3.63, 3.8) is 0 Å². The molecule has 2 aromatic carbocycles. The number of para-hydroxylation sites is 1. The number of nitrogens with zero attached hydrogens (tertiary/aromatic N) is 2. The number of benzene rings is 2. The summed E-state index contributed by atoms with van der Waals surface area (Å²) in [5.41, 5.74) is 8.97. The van der Waals surface area contributed by atoms with Gasteiger partial charge >= 0.3 is 0 Å². The molecule has 0 unspecified atom stereocenters. The Hall–Kier alpha value is -2.74. The van der Waals surface area contributed by atoms with Gasteiger partial charge in [-0.2, -0.15) is 0 Å². The Labute approximate surface area is 130 Å². The maximum Gasteiger partial charge on any atom is 0.0810 e. The maximum absolute atomic E-state index is 4.90. The summed E-state index contributed by atoms with van der Waals surface area (Å²) in [5.74, 6) is 0. The van der Waals surface area contributed by atoms with Crippen LogP contribution in [0.15, 0.2) is 65.8 Å². The Balaban J connectivity index is 2.03. The average Bonchev–Trinajstić information content (AvgIpc) is 2.83. The fraction of sp³-hybridized carbons (Fsp3) is 0.100. The molecule has 2 heteroatoms. The van der Waals surface area contributed by atoms with Crippen LogP contribution in [0, 0.1) is 13.8 Å². The van der Waals surface area contributed by atoms with E-state index in [0.717, 1.165) is 28.2 Å². The minimum atomic E-state index is 0.972. The van der Waals surface area contributed by atoms with E-state index in [1.54, 1.807) is 0 Å². The molecule has 0 bridgehead atoms. The van der Waals surface area contributed by atoms with Gasteiger partial charge in [-0.3, -0.25) is 4.98 Å². The summed E-state index contributed by atoms with van der Waals surface area (Å²) in [6.45, 7) is 4.21. The van der Waals surface area contributed by atoms with Crippen LogP contribution in [0.2, 0.25) is 0 Å². The molecule has 3 aromatic rings. The van der Waals surface area contributed by atoms with Crippen molar-refractivity contribution in [3.8, 4) is 11.3 Å². The van der Waals surface area contributed by atoms with Crippen LogP contribution in [-0.4, -0.2) is 10.7 Å². The first-order valence-electron chi connectivity index (χ1n) is 7.45. The normalized spacial score (nSPS) is 14.0. The second kappa shape index (κ2) is 4.92. The highest BCUT2D eigenvalue weighted by atomic mass is 14.8. The van der Waals surface area contributed by atoms with Crippen molar-refractivity contribution < 1.29 is 0 Å². The van der Waals surface area contributed by atoms with Crippen molar-refractivity contribution in [2.24, 2.45) is 4.99 Å². The summed E-state index contributed by atoms with van der Waals surface area (Å²) in [6, 6.07) is 18.7. The van der Waals surface area contributed by atoms with Gasteiger partial charge in [-0.1, -0.05) is 36.4 Å². The third-order valence-electron chi connectivity index (χ3n) is 4.04. The minimum Gasteiger partial charge on any atom is -0.255 e. The van der Waals surface area contributed by atoms with Gasteiger partial charge in [0.1, 0.15) is 0 Å². The van der Waals surface area contributed by atoms with Crippen LogP contribution < -0.4 is 0 Å². The van der Waals surface area contributed by atoms with Gasteiger partial charge in [0, 0.05) is 22.9 Å². The maximum atomic E-state index is 4.90. The summed E-state index contributed by atoms with van der Waals surface area (Å²) < 4.78 is 0. The molecule has 0 N–H and O–H groups in total. The number of hydrogen-bond acceptors (Lipinski definition) is 2. The smallest absolute Gasteiger partial charge is 0.0810 e. The van der Waals surface area contributed by atoms with Gasteiger partial charge in [0.05, 0.1) is 17.1 Å². The quantitative estimate of drug-likeness (QED) is 0.490. The first-order chi connectivity index (χ1) is 10.7. The minimum absolute atomic E-state index is 0.972. The Morgan fingerprint density at radius 2 is 1.68 bits per heavy atom. The number of pyridine rings is 1. The van der Waals surface area contributed by atoms with Crippen LogP contribution in [0.3, 0.4) is 0 Å². The van der Waals surface area contributed by atoms with E-state index in [1.807, 2.05) is 36.5 Å². The van der Waals surface area contributed by atoms with Crippen molar-refractivity contribution in [2.75, 3.05) is 0 Å². The van der Waals surface area contributed by atoms with Gasteiger partial charge in [0.2, 0.25) is 0 Å². The molecule has 1 heterocycles. The molecule has 0 radical (unpaired) electrons.